The molecule has 2 N–H and O–H groups in total. The zero-order chi connectivity index (χ0) is 17.5. The predicted octanol–water partition coefficient (Wildman–Crippen LogP) is 1.48. The highest BCUT2D eigenvalue weighted by molar-refractivity contribution is 5.77. The lowest BCUT2D eigenvalue weighted by Gasteiger charge is -2.31. The molecule has 1 heterocycles. The van der Waals surface area contributed by atoms with Gasteiger partial charge in [-0.25, -0.2) is 14.0 Å². The maximum atomic E-state index is 13.2. The van der Waals surface area contributed by atoms with Crippen molar-refractivity contribution in [1.82, 2.24) is 10.2 Å². The quantitative estimate of drug-likeness (QED) is 0.819. The molecule has 1 aromatic carbocycles. The van der Waals surface area contributed by atoms with Crippen molar-refractivity contribution in [1.29, 1.82) is 0 Å². The Bertz CT molecular complexity index is 583. The number of rotatable bonds is 6. The third-order valence-corrected chi connectivity index (χ3v) is 3.66. The van der Waals surface area contributed by atoms with E-state index in [4.69, 9.17) is 14.6 Å². The molecule has 1 saturated heterocycles. The number of hydrogen-bond acceptors (Lipinski definition) is 4. The first-order valence-corrected chi connectivity index (χ1v) is 7.79. The number of nitrogens with one attached hydrogen (secondary N) is 1. The van der Waals surface area contributed by atoms with Gasteiger partial charge >= 0.3 is 12.0 Å². The Balaban J connectivity index is 1.83. The zero-order valence-corrected chi connectivity index (χ0v) is 13.4. The van der Waals surface area contributed by atoms with E-state index in [1.807, 2.05) is 6.92 Å². The molecule has 0 spiro atoms. The minimum Gasteiger partial charge on any atom is -0.489 e. The average molecular weight is 340 g/mol. The van der Waals surface area contributed by atoms with Crippen LogP contribution in [0.5, 0.6) is 5.75 Å². The Morgan fingerprint density at radius 1 is 1.54 bits per heavy atom. The first-order chi connectivity index (χ1) is 11.5. The highest BCUT2D eigenvalue weighted by Crippen LogP contribution is 2.15. The van der Waals surface area contributed by atoms with Crippen LogP contribution in [0, 0.1) is 5.82 Å². The molecule has 24 heavy (non-hydrogen) atoms. The standard InChI is InChI=1S/C16H21FN2O5/c1-2-12(24-13-5-3-4-11(17)8-13)9-18-16(22)19-6-7-23-14(10-19)15(20)21/h3-5,8,12,14H,2,6-7,9-10H2,1H3,(H,18,22)(H,20,21). The molecule has 8 heteroatoms. The molecule has 132 valence electrons. The molecule has 1 aromatic rings. The molecule has 2 atom stereocenters. The van der Waals surface area contributed by atoms with E-state index in [1.54, 1.807) is 12.1 Å². The molecule has 2 unspecified atom stereocenters. The molecule has 0 radical (unpaired) electrons. The van der Waals surface area contributed by atoms with E-state index in [0.29, 0.717) is 18.7 Å². The van der Waals surface area contributed by atoms with E-state index in [9.17, 15) is 14.0 Å². The number of halogens is 1. The van der Waals surface area contributed by atoms with Crippen molar-refractivity contribution in [2.24, 2.45) is 0 Å². The van der Waals surface area contributed by atoms with Gasteiger partial charge in [0.25, 0.3) is 0 Å². The summed E-state index contributed by atoms with van der Waals surface area (Å²) in [6.45, 7) is 2.65. The number of ether oxygens (including phenoxy) is 2. The summed E-state index contributed by atoms with van der Waals surface area (Å²) in [5.41, 5.74) is 0. The van der Waals surface area contributed by atoms with Gasteiger partial charge in [-0.1, -0.05) is 13.0 Å². The van der Waals surface area contributed by atoms with Gasteiger partial charge in [0.05, 0.1) is 19.7 Å². The molecule has 2 rings (SSSR count). The van der Waals surface area contributed by atoms with Crippen LogP contribution < -0.4 is 10.1 Å². The number of amides is 2. The number of carbonyl (C=O) groups is 2. The molecule has 7 nitrogen and oxygen atoms in total. The molecule has 1 aliphatic rings. The number of nitrogens with zero attached hydrogens (tertiary/aromatic N) is 1. The fraction of sp³-hybridized carbons (Fsp3) is 0.500. The lowest BCUT2D eigenvalue weighted by Crippen LogP contribution is -2.52. The summed E-state index contributed by atoms with van der Waals surface area (Å²) in [4.78, 5) is 24.5. The number of benzene rings is 1. The predicted molar refractivity (Wildman–Crippen MR) is 83.5 cm³/mol. The van der Waals surface area contributed by atoms with Gasteiger partial charge in [-0.15, -0.1) is 0 Å². The molecule has 1 fully saturated rings. The minimum absolute atomic E-state index is 0.00269. The van der Waals surface area contributed by atoms with Crippen LogP contribution in [-0.4, -0.2) is 60.5 Å². The first kappa shape index (κ1) is 18.0. The van der Waals surface area contributed by atoms with Crippen LogP contribution in [0.25, 0.3) is 0 Å². The van der Waals surface area contributed by atoms with Crippen molar-refractivity contribution < 1.29 is 28.6 Å². The highest BCUT2D eigenvalue weighted by Gasteiger charge is 2.29. The van der Waals surface area contributed by atoms with Gasteiger partial charge in [0.1, 0.15) is 17.7 Å². The molecule has 1 aliphatic heterocycles. The van der Waals surface area contributed by atoms with Gasteiger partial charge in [0.15, 0.2) is 6.10 Å². The van der Waals surface area contributed by atoms with Gasteiger partial charge < -0.3 is 24.8 Å². The van der Waals surface area contributed by atoms with Crippen LogP contribution in [0.4, 0.5) is 9.18 Å². The fourth-order valence-corrected chi connectivity index (χ4v) is 2.30. The lowest BCUT2D eigenvalue weighted by molar-refractivity contribution is -0.154. The number of urea groups is 1. The van der Waals surface area contributed by atoms with Crippen LogP contribution in [0.3, 0.4) is 0 Å². The summed E-state index contributed by atoms with van der Waals surface area (Å²) in [6, 6.07) is 5.44. The fourth-order valence-electron chi connectivity index (χ4n) is 2.30. The number of aliphatic carboxylic acids is 1. The third-order valence-electron chi connectivity index (χ3n) is 3.66. The van der Waals surface area contributed by atoms with E-state index in [0.717, 1.165) is 0 Å². The molecule has 0 saturated carbocycles. The van der Waals surface area contributed by atoms with Crippen LogP contribution in [0.15, 0.2) is 24.3 Å². The van der Waals surface area contributed by atoms with Crippen molar-refractivity contribution in [3.05, 3.63) is 30.1 Å². The Hall–Kier alpha value is -2.35. The molecular weight excluding hydrogens is 319 g/mol. The summed E-state index contributed by atoms with van der Waals surface area (Å²) < 4.78 is 23.9. The number of hydrogen-bond donors (Lipinski definition) is 2. The number of morpholine rings is 1. The summed E-state index contributed by atoms with van der Waals surface area (Å²) in [5.74, 6) is -1.08. The van der Waals surface area contributed by atoms with Crippen molar-refractivity contribution in [3.63, 3.8) is 0 Å². The van der Waals surface area contributed by atoms with Gasteiger partial charge in [-0.05, 0) is 18.6 Å². The maximum absolute atomic E-state index is 13.2. The number of carbonyl (C=O) groups excluding carboxylic acids is 1. The monoisotopic (exact) mass is 340 g/mol. The summed E-state index contributed by atoms with van der Waals surface area (Å²) in [5, 5.41) is 11.7. The molecule has 0 aromatic heterocycles. The van der Waals surface area contributed by atoms with Gasteiger partial charge in [-0.2, -0.15) is 0 Å². The lowest BCUT2D eigenvalue weighted by atomic mass is 10.2. The van der Waals surface area contributed by atoms with E-state index >= 15 is 0 Å². The van der Waals surface area contributed by atoms with Crippen LogP contribution in [0.2, 0.25) is 0 Å². The van der Waals surface area contributed by atoms with Crippen molar-refractivity contribution >= 4 is 12.0 Å². The first-order valence-electron chi connectivity index (χ1n) is 7.79. The van der Waals surface area contributed by atoms with Crippen LogP contribution in [-0.2, 0) is 9.53 Å². The minimum atomic E-state index is -1.09. The van der Waals surface area contributed by atoms with Crippen molar-refractivity contribution in [2.45, 2.75) is 25.6 Å². The molecule has 2 amide bonds. The molecule has 0 bridgehead atoms. The van der Waals surface area contributed by atoms with E-state index < -0.39 is 12.1 Å². The summed E-state index contributed by atoms with van der Waals surface area (Å²) >= 11 is 0. The van der Waals surface area contributed by atoms with Crippen molar-refractivity contribution in [3.8, 4) is 5.75 Å². The van der Waals surface area contributed by atoms with Gasteiger partial charge in [-0.3, -0.25) is 0 Å². The second-order valence-corrected chi connectivity index (χ2v) is 5.44. The Morgan fingerprint density at radius 3 is 3.00 bits per heavy atom. The second kappa shape index (κ2) is 8.49. The number of carboxylic acid groups (broad SMARTS) is 1. The Labute approximate surface area is 139 Å². The van der Waals surface area contributed by atoms with Crippen molar-refractivity contribution in [2.75, 3.05) is 26.2 Å². The average Bonchev–Trinajstić information content (AvgIpc) is 2.58. The molecular formula is C16H21FN2O5. The normalized spacial score (nSPS) is 18.8. The molecule has 0 aliphatic carbocycles. The maximum Gasteiger partial charge on any atom is 0.334 e. The second-order valence-electron chi connectivity index (χ2n) is 5.44. The zero-order valence-electron chi connectivity index (χ0n) is 13.4. The van der Waals surface area contributed by atoms with E-state index in [-0.39, 0.29) is 37.6 Å². The Kier molecular flexibility index (Phi) is 6.36. The van der Waals surface area contributed by atoms with Gasteiger partial charge in [0.2, 0.25) is 0 Å². The van der Waals surface area contributed by atoms with Crippen LogP contribution in [0.1, 0.15) is 13.3 Å². The SMILES string of the molecule is CCC(CNC(=O)N1CCOC(C(=O)O)C1)Oc1cccc(F)c1. The topological polar surface area (TPSA) is 88.1 Å². The largest absolute Gasteiger partial charge is 0.489 e. The van der Waals surface area contributed by atoms with E-state index in [1.165, 1.54) is 17.0 Å². The van der Waals surface area contributed by atoms with E-state index in [2.05, 4.69) is 5.32 Å². The third kappa shape index (κ3) is 5.09. The summed E-state index contributed by atoms with van der Waals surface area (Å²) in [7, 11) is 0. The van der Waals surface area contributed by atoms with Gasteiger partial charge in [0, 0.05) is 12.6 Å². The Morgan fingerprint density at radius 2 is 2.33 bits per heavy atom. The number of carboxylic acids is 1. The highest BCUT2D eigenvalue weighted by atomic mass is 19.1. The van der Waals surface area contributed by atoms with Crippen LogP contribution >= 0.6 is 0 Å². The smallest absolute Gasteiger partial charge is 0.334 e. The summed E-state index contributed by atoms with van der Waals surface area (Å²) in [6.07, 6.45) is -0.695.